The second kappa shape index (κ2) is 14.8. The number of nitrogens with zero attached hydrogens (tertiary/aromatic N) is 3. The van der Waals surface area contributed by atoms with Gasteiger partial charge in [-0.25, -0.2) is 0 Å². The average Bonchev–Trinajstić information content (AvgIpc) is 2.69. The second-order valence-corrected chi connectivity index (χ2v) is 8.03. The van der Waals surface area contributed by atoms with E-state index in [1.807, 2.05) is 0 Å². The number of hydrogen-bond donors (Lipinski definition) is 2. The topological polar surface area (TPSA) is 61.4 Å². The van der Waals surface area contributed by atoms with E-state index >= 15 is 0 Å². The monoisotopic (exact) mass is 511 g/mol. The molecule has 0 aliphatic carbocycles. The summed E-state index contributed by atoms with van der Waals surface area (Å²) in [6.07, 6.45) is 1.19. The van der Waals surface area contributed by atoms with Crippen LogP contribution in [0.5, 0.6) is 0 Å². The number of nitrogens with one attached hydrogen (secondary N) is 2. The van der Waals surface area contributed by atoms with Crippen molar-refractivity contribution in [1.29, 1.82) is 0 Å². The first-order valence-electron chi connectivity index (χ1n) is 10.8. The van der Waals surface area contributed by atoms with E-state index in [1.165, 1.54) is 6.42 Å². The van der Waals surface area contributed by atoms with E-state index in [9.17, 15) is 0 Å². The number of halogens is 1. The van der Waals surface area contributed by atoms with Gasteiger partial charge in [-0.15, -0.1) is 24.0 Å². The minimum atomic E-state index is 0. The maximum atomic E-state index is 5.53. The highest BCUT2D eigenvalue weighted by atomic mass is 127. The van der Waals surface area contributed by atoms with E-state index in [0.717, 1.165) is 78.2 Å². The Hall–Kier alpha value is -0.160. The largest absolute Gasteiger partial charge is 0.379 e. The first-order chi connectivity index (χ1) is 13.1. The number of aliphatic imine (C=N–C) groups is 1. The van der Waals surface area contributed by atoms with Crippen LogP contribution in [-0.4, -0.2) is 100 Å². The Kier molecular flexibility index (Phi) is 13.6. The molecule has 0 aromatic carbocycles. The van der Waals surface area contributed by atoms with Gasteiger partial charge in [0.15, 0.2) is 5.96 Å². The summed E-state index contributed by atoms with van der Waals surface area (Å²) >= 11 is 0. The van der Waals surface area contributed by atoms with Crippen molar-refractivity contribution in [3.05, 3.63) is 0 Å². The van der Waals surface area contributed by atoms with Gasteiger partial charge in [-0.05, 0) is 26.2 Å². The van der Waals surface area contributed by atoms with Crippen LogP contribution in [0.1, 0.15) is 34.1 Å². The van der Waals surface area contributed by atoms with Gasteiger partial charge in [0.1, 0.15) is 0 Å². The lowest BCUT2D eigenvalue weighted by Crippen LogP contribution is -2.51. The number of guanidine groups is 1. The SMILES string of the molecule is CCNC(=NCC(C)N1CCOCC1)NCC(CC(C)C)N1CCOCC1.I. The van der Waals surface area contributed by atoms with Crippen molar-refractivity contribution < 1.29 is 9.47 Å². The fraction of sp³-hybridized carbons (Fsp3) is 0.950. The molecule has 0 radical (unpaired) electrons. The molecule has 0 bridgehead atoms. The predicted molar refractivity (Wildman–Crippen MR) is 127 cm³/mol. The van der Waals surface area contributed by atoms with Crippen molar-refractivity contribution in [3.63, 3.8) is 0 Å². The molecule has 2 heterocycles. The molecule has 2 unspecified atom stereocenters. The van der Waals surface area contributed by atoms with Gasteiger partial charge in [0, 0.05) is 51.4 Å². The fourth-order valence-electron chi connectivity index (χ4n) is 3.76. The van der Waals surface area contributed by atoms with Crippen molar-refractivity contribution in [1.82, 2.24) is 20.4 Å². The molecule has 0 aromatic rings. The van der Waals surface area contributed by atoms with Crippen LogP contribution in [0, 0.1) is 5.92 Å². The zero-order valence-corrected chi connectivity index (χ0v) is 20.6. The van der Waals surface area contributed by atoms with Crippen LogP contribution in [-0.2, 0) is 9.47 Å². The molecule has 0 saturated carbocycles. The lowest BCUT2D eigenvalue weighted by atomic mass is 10.0. The number of hydrogen-bond acceptors (Lipinski definition) is 5. The van der Waals surface area contributed by atoms with Crippen molar-refractivity contribution >= 4 is 29.9 Å². The number of morpholine rings is 2. The van der Waals surface area contributed by atoms with Crippen molar-refractivity contribution in [2.24, 2.45) is 10.9 Å². The van der Waals surface area contributed by atoms with Crippen LogP contribution in [0.3, 0.4) is 0 Å². The van der Waals surface area contributed by atoms with Crippen LogP contribution in [0.4, 0.5) is 0 Å². The number of rotatable bonds is 9. The third-order valence-corrected chi connectivity index (χ3v) is 5.34. The summed E-state index contributed by atoms with van der Waals surface area (Å²) in [6.45, 7) is 19.0. The Morgan fingerprint density at radius 2 is 1.50 bits per heavy atom. The molecule has 2 rings (SSSR count). The Balaban J connectivity index is 0.00000392. The molecule has 2 aliphatic rings. The van der Waals surface area contributed by atoms with Crippen LogP contribution in [0.2, 0.25) is 0 Å². The molecular weight excluding hydrogens is 469 g/mol. The number of ether oxygens (including phenoxy) is 2. The summed E-state index contributed by atoms with van der Waals surface area (Å²) in [7, 11) is 0. The molecule has 2 fully saturated rings. The average molecular weight is 511 g/mol. The lowest BCUT2D eigenvalue weighted by molar-refractivity contribution is 0.0132. The van der Waals surface area contributed by atoms with E-state index < -0.39 is 0 Å². The van der Waals surface area contributed by atoms with Gasteiger partial charge >= 0.3 is 0 Å². The fourth-order valence-corrected chi connectivity index (χ4v) is 3.76. The molecule has 0 aromatic heterocycles. The molecule has 2 atom stereocenters. The Labute approximate surface area is 189 Å². The Morgan fingerprint density at radius 1 is 0.929 bits per heavy atom. The summed E-state index contributed by atoms with van der Waals surface area (Å²) in [5.74, 6) is 1.61. The highest BCUT2D eigenvalue weighted by Gasteiger charge is 2.22. The minimum absolute atomic E-state index is 0. The van der Waals surface area contributed by atoms with Crippen LogP contribution < -0.4 is 10.6 Å². The van der Waals surface area contributed by atoms with Crippen LogP contribution >= 0.6 is 24.0 Å². The van der Waals surface area contributed by atoms with E-state index in [-0.39, 0.29) is 24.0 Å². The maximum Gasteiger partial charge on any atom is 0.191 e. The maximum absolute atomic E-state index is 5.53. The summed E-state index contributed by atoms with van der Waals surface area (Å²) < 4.78 is 11.0. The van der Waals surface area contributed by atoms with Gasteiger partial charge in [-0.1, -0.05) is 13.8 Å². The van der Waals surface area contributed by atoms with Crippen LogP contribution in [0.25, 0.3) is 0 Å². The third kappa shape index (κ3) is 9.56. The highest BCUT2D eigenvalue weighted by molar-refractivity contribution is 14.0. The van der Waals surface area contributed by atoms with Gasteiger partial charge in [0.2, 0.25) is 0 Å². The molecule has 0 amide bonds. The Bertz CT molecular complexity index is 427. The summed E-state index contributed by atoms with van der Waals surface area (Å²) in [4.78, 5) is 9.88. The molecule has 2 N–H and O–H groups in total. The van der Waals surface area contributed by atoms with E-state index in [0.29, 0.717) is 18.0 Å². The van der Waals surface area contributed by atoms with E-state index in [1.54, 1.807) is 0 Å². The van der Waals surface area contributed by atoms with E-state index in [4.69, 9.17) is 14.5 Å². The summed E-state index contributed by atoms with van der Waals surface area (Å²) in [5.41, 5.74) is 0. The van der Waals surface area contributed by atoms with Gasteiger partial charge < -0.3 is 20.1 Å². The second-order valence-electron chi connectivity index (χ2n) is 8.03. The first kappa shape index (κ1) is 25.9. The zero-order chi connectivity index (χ0) is 19.5. The van der Waals surface area contributed by atoms with Crippen molar-refractivity contribution in [2.75, 3.05) is 72.2 Å². The molecule has 2 saturated heterocycles. The molecule has 2 aliphatic heterocycles. The first-order valence-corrected chi connectivity index (χ1v) is 10.8. The summed E-state index contributed by atoms with van der Waals surface area (Å²) in [6, 6.07) is 0.962. The van der Waals surface area contributed by atoms with Gasteiger partial charge in [0.25, 0.3) is 0 Å². The quantitative estimate of drug-likeness (QED) is 0.279. The Morgan fingerprint density at radius 3 is 2.04 bits per heavy atom. The molecule has 166 valence electrons. The van der Waals surface area contributed by atoms with Crippen LogP contribution in [0.15, 0.2) is 4.99 Å². The minimum Gasteiger partial charge on any atom is -0.379 e. The molecular formula is C20H42IN5O2. The molecule has 0 spiro atoms. The molecule has 7 nitrogen and oxygen atoms in total. The zero-order valence-electron chi connectivity index (χ0n) is 18.3. The standard InChI is InChI=1S/C20H41N5O2.HI/c1-5-21-20(22-15-18(4)24-6-10-26-11-7-24)23-16-19(14-17(2)3)25-8-12-27-13-9-25;/h17-19H,5-16H2,1-4H3,(H2,21,22,23);1H. The smallest absolute Gasteiger partial charge is 0.191 e. The lowest BCUT2D eigenvalue weighted by Gasteiger charge is -2.36. The summed E-state index contributed by atoms with van der Waals surface area (Å²) in [5, 5.41) is 7.00. The van der Waals surface area contributed by atoms with E-state index in [2.05, 4.69) is 48.1 Å². The van der Waals surface area contributed by atoms with Gasteiger partial charge in [0.05, 0.1) is 33.0 Å². The van der Waals surface area contributed by atoms with Gasteiger partial charge in [-0.2, -0.15) is 0 Å². The van der Waals surface area contributed by atoms with Gasteiger partial charge in [-0.3, -0.25) is 14.8 Å². The van der Waals surface area contributed by atoms with Crippen molar-refractivity contribution in [2.45, 2.75) is 46.2 Å². The predicted octanol–water partition coefficient (Wildman–Crippen LogP) is 1.63. The highest BCUT2D eigenvalue weighted by Crippen LogP contribution is 2.13. The molecule has 8 heteroatoms. The molecule has 28 heavy (non-hydrogen) atoms. The normalized spacial score (nSPS) is 21.8. The third-order valence-electron chi connectivity index (χ3n) is 5.34. The van der Waals surface area contributed by atoms with Crippen molar-refractivity contribution in [3.8, 4) is 0 Å².